The van der Waals surface area contributed by atoms with Crippen molar-refractivity contribution in [3.05, 3.63) is 35.4 Å². The molecule has 0 aliphatic carbocycles. The molecule has 1 heterocycles. The summed E-state index contributed by atoms with van der Waals surface area (Å²) in [6.07, 6.45) is 3.06. The Balaban J connectivity index is 0.00000242. The Morgan fingerprint density at radius 1 is 1.36 bits per heavy atom. The highest BCUT2D eigenvalue weighted by atomic mass is 127. The predicted molar refractivity (Wildman–Crippen MR) is 100 cm³/mol. The molecule has 0 spiro atoms. The number of hydrogen-bond donors (Lipinski definition) is 2. The van der Waals surface area contributed by atoms with Crippen LogP contribution in [0.2, 0.25) is 0 Å². The summed E-state index contributed by atoms with van der Waals surface area (Å²) in [7, 11) is 0. The highest BCUT2D eigenvalue weighted by Crippen LogP contribution is 2.18. The highest BCUT2D eigenvalue weighted by molar-refractivity contribution is 14.0. The molecule has 0 saturated carbocycles. The molecule has 0 unspecified atom stereocenters. The van der Waals surface area contributed by atoms with E-state index in [9.17, 15) is 4.79 Å². The van der Waals surface area contributed by atoms with Crippen molar-refractivity contribution in [2.45, 2.75) is 32.7 Å². The maximum absolute atomic E-state index is 12.2. The van der Waals surface area contributed by atoms with Crippen LogP contribution >= 0.6 is 24.0 Å². The number of benzene rings is 1. The summed E-state index contributed by atoms with van der Waals surface area (Å²) in [4.78, 5) is 18.1. The van der Waals surface area contributed by atoms with E-state index in [4.69, 9.17) is 5.73 Å². The molecule has 0 radical (unpaired) electrons. The van der Waals surface area contributed by atoms with Crippen molar-refractivity contribution in [2.24, 2.45) is 10.7 Å². The van der Waals surface area contributed by atoms with E-state index in [1.165, 1.54) is 11.1 Å². The van der Waals surface area contributed by atoms with Crippen LogP contribution < -0.4 is 11.1 Å². The van der Waals surface area contributed by atoms with Gasteiger partial charge in [-0.05, 0) is 24.0 Å². The molecular formula is C16H25IN4O. The highest BCUT2D eigenvalue weighted by Gasteiger charge is 2.19. The molecule has 6 heteroatoms. The number of nitrogens with one attached hydrogen (secondary N) is 1. The lowest BCUT2D eigenvalue weighted by molar-refractivity contribution is -0.130. The Bertz CT molecular complexity index is 519. The number of nitrogens with zero attached hydrogens (tertiary/aromatic N) is 2. The number of nitrogens with two attached hydrogens (primary N) is 1. The smallest absolute Gasteiger partial charge is 0.244 e. The second kappa shape index (κ2) is 9.66. The lowest BCUT2D eigenvalue weighted by Gasteiger charge is -2.28. The van der Waals surface area contributed by atoms with Crippen LogP contribution in [0.1, 0.15) is 30.9 Å². The van der Waals surface area contributed by atoms with Gasteiger partial charge in [0.15, 0.2) is 5.96 Å². The van der Waals surface area contributed by atoms with Gasteiger partial charge in [0, 0.05) is 19.6 Å². The zero-order valence-electron chi connectivity index (χ0n) is 13.0. The minimum absolute atomic E-state index is 0. The Labute approximate surface area is 149 Å². The molecule has 0 atom stereocenters. The maximum atomic E-state index is 12.2. The first kappa shape index (κ1) is 18.7. The molecule has 1 aliphatic heterocycles. The van der Waals surface area contributed by atoms with Crippen molar-refractivity contribution < 1.29 is 4.79 Å². The van der Waals surface area contributed by atoms with Crippen LogP contribution in [0.25, 0.3) is 0 Å². The summed E-state index contributed by atoms with van der Waals surface area (Å²) in [5, 5.41) is 3.01. The maximum Gasteiger partial charge on any atom is 0.244 e. The van der Waals surface area contributed by atoms with Crippen LogP contribution in [0, 0.1) is 0 Å². The Morgan fingerprint density at radius 2 is 2.09 bits per heavy atom. The average molecular weight is 416 g/mol. The third-order valence-corrected chi connectivity index (χ3v) is 3.70. The molecule has 2 rings (SSSR count). The van der Waals surface area contributed by atoms with Gasteiger partial charge in [0.25, 0.3) is 0 Å². The molecule has 1 aromatic rings. The molecule has 1 aliphatic rings. The van der Waals surface area contributed by atoms with E-state index in [-0.39, 0.29) is 36.4 Å². The van der Waals surface area contributed by atoms with Crippen molar-refractivity contribution >= 4 is 35.8 Å². The molecule has 22 heavy (non-hydrogen) atoms. The molecule has 0 aromatic heterocycles. The number of guanidine groups is 1. The second-order valence-electron chi connectivity index (χ2n) is 5.32. The first-order valence-electron chi connectivity index (χ1n) is 7.59. The third-order valence-electron chi connectivity index (χ3n) is 3.70. The number of fused-ring (bicyclic) bond motifs is 1. The first-order chi connectivity index (χ1) is 10.2. The molecule has 5 nitrogen and oxygen atoms in total. The van der Waals surface area contributed by atoms with Gasteiger partial charge < -0.3 is 16.0 Å². The first-order valence-corrected chi connectivity index (χ1v) is 7.59. The van der Waals surface area contributed by atoms with Crippen LogP contribution in [0.15, 0.2) is 29.3 Å². The fraction of sp³-hybridized carbons (Fsp3) is 0.500. The largest absolute Gasteiger partial charge is 0.370 e. The summed E-state index contributed by atoms with van der Waals surface area (Å²) >= 11 is 0. The second-order valence-corrected chi connectivity index (χ2v) is 5.32. The number of carbonyl (C=O) groups is 1. The van der Waals surface area contributed by atoms with Gasteiger partial charge in [-0.2, -0.15) is 0 Å². The molecule has 0 fully saturated rings. The number of rotatable bonds is 5. The molecular weight excluding hydrogens is 391 g/mol. The molecule has 0 bridgehead atoms. The van der Waals surface area contributed by atoms with Crippen LogP contribution in [0.5, 0.6) is 0 Å². The third kappa shape index (κ3) is 5.47. The van der Waals surface area contributed by atoms with Gasteiger partial charge >= 0.3 is 0 Å². The number of amides is 1. The van der Waals surface area contributed by atoms with Crippen LogP contribution in [0.4, 0.5) is 0 Å². The predicted octanol–water partition coefficient (Wildman–Crippen LogP) is 1.89. The summed E-state index contributed by atoms with van der Waals surface area (Å²) < 4.78 is 0. The molecule has 122 valence electrons. The standard InChI is InChI=1S/C16H24N4O.HI/c1-2-3-9-18-16(17)19-11-15(21)20-10-8-13-6-4-5-7-14(13)12-20;/h4-7H,2-3,8-12H2,1H3,(H3,17,18,19);1H. The lowest BCUT2D eigenvalue weighted by Crippen LogP contribution is -2.39. The number of carbonyl (C=O) groups excluding carboxylic acids is 1. The number of unbranched alkanes of at least 4 members (excludes halogenated alkanes) is 1. The topological polar surface area (TPSA) is 70.7 Å². The van der Waals surface area contributed by atoms with Gasteiger partial charge in [-0.1, -0.05) is 37.6 Å². The van der Waals surface area contributed by atoms with Gasteiger partial charge in [0.05, 0.1) is 0 Å². The van der Waals surface area contributed by atoms with E-state index >= 15 is 0 Å². The fourth-order valence-electron chi connectivity index (χ4n) is 2.41. The quantitative estimate of drug-likeness (QED) is 0.334. The molecule has 3 N–H and O–H groups in total. The normalized spacial score (nSPS) is 14.0. The van der Waals surface area contributed by atoms with E-state index in [1.54, 1.807) is 0 Å². The number of hydrogen-bond acceptors (Lipinski definition) is 2. The molecule has 0 saturated heterocycles. The number of halogens is 1. The van der Waals surface area contributed by atoms with Crippen molar-refractivity contribution in [3.8, 4) is 0 Å². The number of aliphatic imine (C=N–C) groups is 1. The van der Waals surface area contributed by atoms with E-state index in [2.05, 4.69) is 29.4 Å². The van der Waals surface area contributed by atoms with Crippen molar-refractivity contribution in [1.29, 1.82) is 0 Å². The van der Waals surface area contributed by atoms with Crippen molar-refractivity contribution in [2.75, 3.05) is 19.6 Å². The Hall–Kier alpha value is -1.31. The summed E-state index contributed by atoms with van der Waals surface area (Å²) in [5.74, 6) is 0.388. The Kier molecular flexibility index (Phi) is 8.22. The van der Waals surface area contributed by atoms with E-state index in [0.717, 1.165) is 32.4 Å². The Morgan fingerprint density at radius 3 is 2.82 bits per heavy atom. The summed E-state index contributed by atoms with van der Waals surface area (Å²) in [5.41, 5.74) is 8.31. The monoisotopic (exact) mass is 416 g/mol. The van der Waals surface area contributed by atoms with Crippen LogP contribution in [0.3, 0.4) is 0 Å². The zero-order valence-corrected chi connectivity index (χ0v) is 15.4. The van der Waals surface area contributed by atoms with Gasteiger partial charge in [0.1, 0.15) is 6.54 Å². The molecule has 1 aromatic carbocycles. The van der Waals surface area contributed by atoms with E-state index < -0.39 is 0 Å². The zero-order chi connectivity index (χ0) is 15.1. The lowest BCUT2D eigenvalue weighted by atomic mass is 10.00. The van der Waals surface area contributed by atoms with Gasteiger partial charge in [0.2, 0.25) is 5.91 Å². The van der Waals surface area contributed by atoms with Crippen LogP contribution in [-0.4, -0.2) is 36.4 Å². The van der Waals surface area contributed by atoms with Crippen LogP contribution in [-0.2, 0) is 17.8 Å². The van der Waals surface area contributed by atoms with Gasteiger partial charge in [-0.15, -0.1) is 24.0 Å². The minimum atomic E-state index is 0. The fourth-order valence-corrected chi connectivity index (χ4v) is 2.41. The van der Waals surface area contributed by atoms with E-state index in [0.29, 0.717) is 12.5 Å². The van der Waals surface area contributed by atoms with Crippen molar-refractivity contribution in [3.63, 3.8) is 0 Å². The van der Waals surface area contributed by atoms with Crippen molar-refractivity contribution in [1.82, 2.24) is 10.2 Å². The van der Waals surface area contributed by atoms with E-state index in [1.807, 2.05) is 17.0 Å². The minimum Gasteiger partial charge on any atom is -0.370 e. The summed E-state index contributed by atoms with van der Waals surface area (Å²) in [6, 6.07) is 8.27. The molecule has 1 amide bonds. The van der Waals surface area contributed by atoms with Gasteiger partial charge in [-0.3, -0.25) is 4.79 Å². The van der Waals surface area contributed by atoms with Gasteiger partial charge in [-0.25, -0.2) is 4.99 Å². The summed E-state index contributed by atoms with van der Waals surface area (Å²) in [6.45, 7) is 4.47. The SMILES string of the molecule is CCCCNC(N)=NCC(=O)N1CCc2ccccc2C1.I. The average Bonchev–Trinajstić information content (AvgIpc) is 2.52.